The van der Waals surface area contributed by atoms with Gasteiger partial charge in [0, 0.05) is 0 Å². The second kappa shape index (κ2) is 6.92. The first-order valence-electron chi connectivity index (χ1n) is 7.31. The van der Waals surface area contributed by atoms with E-state index in [2.05, 4.69) is 6.92 Å². The zero-order valence-corrected chi connectivity index (χ0v) is 12.3. The van der Waals surface area contributed by atoms with Crippen LogP contribution in [-0.2, 0) is 14.3 Å². The zero-order chi connectivity index (χ0) is 14.5. The normalized spacial score (nSPS) is 23.9. The van der Waals surface area contributed by atoms with Crippen LogP contribution in [0.15, 0.2) is 0 Å². The van der Waals surface area contributed by atoms with Crippen LogP contribution in [0.25, 0.3) is 0 Å². The molecule has 4 heteroatoms. The third kappa shape index (κ3) is 5.21. The summed E-state index contributed by atoms with van der Waals surface area (Å²) in [6, 6.07) is 0. The van der Waals surface area contributed by atoms with E-state index in [0.717, 1.165) is 32.1 Å². The van der Waals surface area contributed by atoms with Crippen molar-refractivity contribution in [3.8, 4) is 0 Å². The molecule has 4 nitrogen and oxygen atoms in total. The van der Waals surface area contributed by atoms with Crippen LogP contribution in [0.4, 0.5) is 0 Å². The van der Waals surface area contributed by atoms with Crippen LogP contribution in [0, 0.1) is 11.8 Å². The molecule has 0 aromatic heterocycles. The van der Waals surface area contributed by atoms with E-state index in [4.69, 9.17) is 9.84 Å². The second-order valence-corrected chi connectivity index (χ2v) is 6.18. The molecule has 2 atom stereocenters. The molecule has 1 rings (SSSR count). The van der Waals surface area contributed by atoms with Gasteiger partial charge < -0.3 is 9.84 Å². The third-order valence-corrected chi connectivity index (χ3v) is 3.87. The number of hydrogen-bond acceptors (Lipinski definition) is 3. The summed E-state index contributed by atoms with van der Waals surface area (Å²) < 4.78 is 5.58. The Morgan fingerprint density at radius 1 is 1.26 bits per heavy atom. The maximum Gasteiger partial charge on any atom is 0.309 e. The van der Waals surface area contributed by atoms with Crippen molar-refractivity contribution in [2.24, 2.45) is 11.8 Å². The highest BCUT2D eigenvalue weighted by Crippen LogP contribution is 2.31. The average molecular weight is 270 g/mol. The molecule has 0 aromatic carbocycles. The Kier molecular flexibility index (Phi) is 5.83. The molecular weight excluding hydrogens is 244 g/mol. The molecule has 1 aliphatic carbocycles. The number of hydrogen-bond donors (Lipinski definition) is 1. The number of esters is 1. The fourth-order valence-corrected chi connectivity index (χ4v) is 2.64. The zero-order valence-electron chi connectivity index (χ0n) is 12.3. The van der Waals surface area contributed by atoms with Gasteiger partial charge in [-0.2, -0.15) is 0 Å². The summed E-state index contributed by atoms with van der Waals surface area (Å²) >= 11 is 0. The number of ether oxygens (including phenoxy) is 1. The van der Waals surface area contributed by atoms with Crippen molar-refractivity contribution in [2.75, 3.05) is 0 Å². The monoisotopic (exact) mass is 270 g/mol. The molecule has 1 saturated carbocycles. The molecule has 1 fully saturated rings. The van der Waals surface area contributed by atoms with E-state index in [0.29, 0.717) is 12.8 Å². The maximum atomic E-state index is 12.1. The van der Waals surface area contributed by atoms with E-state index in [-0.39, 0.29) is 17.8 Å². The van der Waals surface area contributed by atoms with Crippen molar-refractivity contribution in [1.29, 1.82) is 0 Å². The molecule has 0 heterocycles. The number of carbonyl (C=O) groups is 2. The van der Waals surface area contributed by atoms with Gasteiger partial charge in [-0.25, -0.2) is 0 Å². The fourth-order valence-electron chi connectivity index (χ4n) is 2.64. The van der Waals surface area contributed by atoms with Gasteiger partial charge in [0.1, 0.15) is 5.60 Å². The van der Waals surface area contributed by atoms with E-state index in [1.807, 2.05) is 13.8 Å². The average Bonchev–Trinajstić information content (AvgIpc) is 2.36. The first kappa shape index (κ1) is 16.0. The van der Waals surface area contributed by atoms with Gasteiger partial charge in [0.05, 0.1) is 11.8 Å². The van der Waals surface area contributed by atoms with Gasteiger partial charge in [-0.05, 0) is 46.0 Å². The van der Waals surface area contributed by atoms with E-state index in [1.54, 1.807) is 0 Å². The number of carbonyl (C=O) groups excluding carboxylic acids is 1. The van der Waals surface area contributed by atoms with Crippen LogP contribution < -0.4 is 0 Å². The van der Waals surface area contributed by atoms with Gasteiger partial charge in [-0.1, -0.05) is 19.8 Å². The molecule has 0 spiro atoms. The van der Waals surface area contributed by atoms with Gasteiger partial charge in [0.2, 0.25) is 0 Å². The molecule has 0 bridgehead atoms. The maximum absolute atomic E-state index is 12.1. The molecule has 110 valence electrons. The summed E-state index contributed by atoms with van der Waals surface area (Å²) in [5.74, 6) is -1.63. The molecule has 0 aliphatic heterocycles. The van der Waals surface area contributed by atoms with Crippen LogP contribution in [0.5, 0.6) is 0 Å². The summed E-state index contributed by atoms with van der Waals surface area (Å²) in [7, 11) is 0. The van der Waals surface area contributed by atoms with Crippen molar-refractivity contribution in [3.05, 3.63) is 0 Å². The molecule has 1 aliphatic rings. The number of aliphatic carboxylic acids is 1. The Balaban J connectivity index is 2.50. The Morgan fingerprint density at radius 2 is 1.89 bits per heavy atom. The highest BCUT2D eigenvalue weighted by Gasteiger charge is 2.34. The van der Waals surface area contributed by atoms with Gasteiger partial charge in [0.15, 0.2) is 0 Å². The minimum Gasteiger partial charge on any atom is -0.481 e. The number of rotatable bonds is 6. The predicted octanol–water partition coefficient (Wildman–Crippen LogP) is 3.39. The van der Waals surface area contributed by atoms with Crippen LogP contribution in [0.1, 0.15) is 65.7 Å². The SMILES string of the molecule is CCCCC(C)(C)OC(=O)C1CCCC(C(=O)O)C1. The minimum absolute atomic E-state index is 0.216. The molecule has 0 aromatic rings. The summed E-state index contributed by atoms with van der Waals surface area (Å²) in [5.41, 5.74) is -0.441. The molecule has 0 radical (unpaired) electrons. The third-order valence-electron chi connectivity index (χ3n) is 3.87. The minimum atomic E-state index is -0.789. The fraction of sp³-hybridized carbons (Fsp3) is 0.867. The summed E-state index contributed by atoms with van der Waals surface area (Å²) in [4.78, 5) is 23.1. The molecule has 0 amide bonds. The summed E-state index contributed by atoms with van der Waals surface area (Å²) in [5, 5.41) is 9.03. The van der Waals surface area contributed by atoms with Gasteiger partial charge >= 0.3 is 11.9 Å². The molecule has 2 unspecified atom stereocenters. The van der Waals surface area contributed by atoms with Crippen molar-refractivity contribution < 1.29 is 19.4 Å². The summed E-state index contributed by atoms with van der Waals surface area (Å²) in [6.07, 6.45) is 5.62. The first-order chi connectivity index (χ1) is 8.85. The van der Waals surface area contributed by atoms with E-state index in [9.17, 15) is 9.59 Å². The van der Waals surface area contributed by atoms with Crippen molar-refractivity contribution >= 4 is 11.9 Å². The lowest BCUT2D eigenvalue weighted by atomic mass is 9.81. The van der Waals surface area contributed by atoms with Gasteiger partial charge in [-0.3, -0.25) is 9.59 Å². The van der Waals surface area contributed by atoms with Crippen molar-refractivity contribution in [3.63, 3.8) is 0 Å². The first-order valence-corrected chi connectivity index (χ1v) is 7.31. The van der Waals surface area contributed by atoms with Crippen molar-refractivity contribution in [1.82, 2.24) is 0 Å². The standard InChI is InChI=1S/C15H26O4/c1-4-5-9-15(2,3)19-14(18)12-8-6-7-11(10-12)13(16)17/h11-12H,4-10H2,1-3H3,(H,16,17). The van der Waals surface area contributed by atoms with E-state index < -0.39 is 11.6 Å². The van der Waals surface area contributed by atoms with E-state index in [1.165, 1.54) is 0 Å². The van der Waals surface area contributed by atoms with Crippen molar-refractivity contribution in [2.45, 2.75) is 71.3 Å². The van der Waals surface area contributed by atoms with E-state index >= 15 is 0 Å². The predicted molar refractivity (Wildman–Crippen MR) is 72.8 cm³/mol. The number of unbranched alkanes of at least 4 members (excludes halogenated alkanes) is 1. The van der Waals surface area contributed by atoms with Gasteiger partial charge in [0.25, 0.3) is 0 Å². The lowest BCUT2D eigenvalue weighted by molar-refractivity contribution is -0.164. The van der Waals surface area contributed by atoms with Gasteiger partial charge in [-0.15, -0.1) is 0 Å². The second-order valence-electron chi connectivity index (χ2n) is 6.18. The molecule has 19 heavy (non-hydrogen) atoms. The highest BCUT2D eigenvalue weighted by molar-refractivity contribution is 5.75. The lowest BCUT2D eigenvalue weighted by Crippen LogP contribution is -2.34. The Morgan fingerprint density at radius 3 is 2.47 bits per heavy atom. The Bertz CT molecular complexity index is 322. The smallest absolute Gasteiger partial charge is 0.309 e. The topological polar surface area (TPSA) is 63.6 Å². The van der Waals surface area contributed by atoms with Crippen LogP contribution in [0.3, 0.4) is 0 Å². The Labute approximate surface area is 115 Å². The molecular formula is C15H26O4. The van der Waals surface area contributed by atoms with Crippen LogP contribution >= 0.6 is 0 Å². The summed E-state index contributed by atoms with van der Waals surface area (Å²) in [6.45, 7) is 5.96. The highest BCUT2D eigenvalue weighted by atomic mass is 16.6. The quantitative estimate of drug-likeness (QED) is 0.751. The number of carboxylic acid groups (broad SMARTS) is 1. The Hall–Kier alpha value is -1.06. The lowest BCUT2D eigenvalue weighted by Gasteiger charge is -2.30. The van der Waals surface area contributed by atoms with Crippen LogP contribution in [-0.4, -0.2) is 22.6 Å². The molecule has 1 N–H and O–H groups in total. The molecule has 0 saturated heterocycles. The van der Waals surface area contributed by atoms with Crippen LogP contribution in [0.2, 0.25) is 0 Å². The number of carboxylic acids is 1. The largest absolute Gasteiger partial charge is 0.481 e.